The Labute approximate surface area is 135 Å². The fourth-order valence-electron chi connectivity index (χ4n) is 3.26. The van der Waals surface area contributed by atoms with Crippen molar-refractivity contribution in [3.8, 4) is 0 Å². The minimum absolute atomic E-state index is 0.344. The Hall–Kier alpha value is -0.420. The predicted molar refractivity (Wildman–Crippen MR) is 87.6 cm³/mol. The maximum Gasteiger partial charge on any atom is 0.0809 e. The summed E-state index contributed by atoms with van der Waals surface area (Å²) in [6.45, 7) is 3.51. The summed E-state index contributed by atoms with van der Waals surface area (Å²) in [6, 6.07) is 7.03. The van der Waals surface area contributed by atoms with E-state index in [1.807, 2.05) is 0 Å². The average Bonchev–Trinajstić information content (AvgIpc) is 3.13. The SMILES string of the molecule is Brc1cccc2c1CCC2NCCCOCC1CCCO1. The van der Waals surface area contributed by atoms with Gasteiger partial charge in [-0.15, -0.1) is 0 Å². The molecule has 0 aromatic heterocycles. The minimum atomic E-state index is 0.344. The Kier molecular flexibility index (Phi) is 5.69. The Morgan fingerprint density at radius 1 is 1.33 bits per heavy atom. The molecule has 2 aliphatic rings. The van der Waals surface area contributed by atoms with Crippen molar-refractivity contribution < 1.29 is 9.47 Å². The van der Waals surface area contributed by atoms with Crippen molar-refractivity contribution in [3.63, 3.8) is 0 Å². The number of rotatable bonds is 7. The van der Waals surface area contributed by atoms with Gasteiger partial charge >= 0.3 is 0 Å². The zero-order valence-electron chi connectivity index (χ0n) is 12.4. The van der Waals surface area contributed by atoms with Crippen LogP contribution in [0.5, 0.6) is 0 Å². The van der Waals surface area contributed by atoms with Crippen molar-refractivity contribution in [2.45, 2.75) is 44.2 Å². The Morgan fingerprint density at radius 2 is 2.29 bits per heavy atom. The summed E-state index contributed by atoms with van der Waals surface area (Å²) < 4.78 is 12.5. The first-order valence-corrected chi connectivity index (χ1v) is 8.84. The van der Waals surface area contributed by atoms with E-state index >= 15 is 0 Å². The average molecular weight is 354 g/mol. The number of hydrogen-bond donors (Lipinski definition) is 1. The van der Waals surface area contributed by atoms with E-state index in [2.05, 4.69) is 39.4 Å². The van der Waals surface area contributed by atoms with Crippen LogP contribution in [-0.2, 0) is 15.9 Å². The van der Waals surface area contributed by atoms with Crippen LogP contribution in [0.25, 0.3) is 0 Å². The topological polar surface area (TPSA) is 30.5 Å². The van der Waals surface area contributed by atoms with Gasteiger partial charge in [-0.05, 0) is 55.8 Å². The molecule has 1 aliphatic heterocycles. The molecular formula is C17H24BrNO2. The van der Waals surface area contributed by atoms with E-state index in [1.165, 1.54) is 34.9 Å². The molecule has 3 nitrogen and oxygen atoms in total. The molecule has 2 unspecified atom stereocenters. The number of hydrogen-bond acceptors (Lipinski definition) is 3. The van der Waals surface area contributed by atoms with Crippen molar-refractivity contribution in [2.24, 2.45) is 0 Å². The van der Waals surface area contributed by atoms with Crippen molar-refractivity contribution >= 4 is 15.9 Å². The van der Waals surface area contributed by atoms with Gasteiger partial charge in [-0.3, -0.25) is 0 Å². The van der Waals surface area contributed by atoms with Gasteiger partial charge < -0.3 is 14.8 Å². The maximum absolute atomic E-state index is 5.70. The highest BCUT2D eigenvalue weighted by molar-refractivity contribution is 9.10. The van der Waals surface area contributed by atoms with E-state index in [1.54, 1.807) is 0 Å². The first kappa shape index (κ1) is 15.5. The molecule has 1 aromatic carbocycles. The summed E-state index contributed by atoms with van der Waals surface area (Å²) in [7, 11) is 0. The predicted octanol–water partition coefficient (Wildman–Crippen LogP) is 3.61. The van der Waals surface area contributed by atoms with E-state index in [0.717, 1.165) is 39.2 Å². The third kappa shape index (κ3) is 4.07. The second-order valence-corrected chi connectivity index (χ2v) is 6.77. The molecule has 0 radical (unpaired) electrons. The number of fused-ring (bicyclic) bond motifs is 1. The zero-order valence-corrected chi connectivity index (χ0v) is 14.0. The lowest BCUT2D eigenvalue weighted by molar-refractivity contribution is 0.0165. The molecule has 3 rings (SSSR count). The van der Waals surface area contributed by atoms with Gasteiger partial charge in [0.25, 0.3) is 0 Å². The van der Waals surface area contributed by atoms with Gasteiger partial charge in [0.05, 0.1) is 12.7 Å². The van der Waals surface area contributed by atoms with E-state index < -0.39 is 0 Å². The molecule has 1 heterocycles. The molecule has 4 heteroatoms. The number of nitrogens with one attached hydrogen (secondary N) is 1. The molecule has 1 fully saturated rings. The standard InChI is InChI=1S/C17H24BrNO2/c18-16-6-1-5-15-14(16)7-8-17(15)19-9-3-10-20-12-13-4-2-11-21-13/h1,5-6,13,17,19H,2-4,7-12H2. The molecule has 0 amide bonds. The largest absolute Gasteiger partial charge is 0.379 e. The third-order valence-electron chi connectivity index (χ3n) is 4.40. The lowest BCUT2D eigenvalue weighted by atomic mass is 10.1. The van der Waals surface area contributed by atoms with E-state index in [0.29, 0.717) is 12.1 Å². The Balaban J connectivity index is 1.33. The summed E-state index contributed by atoms with van der Waals surface area (Å²) in [5, 5.41) is 3.66. The smallest absolute Gasteiger partial charge is 0.0809 e. The summed E-state index contributed by atoms with van der Waals surface area (Å²) in [4.78, 5) is 0. The highest BCUT2D eigenvalue weighted by Crippen LogP contribution is 2.35. The van der Waals surface area contributed by atoms with Crippen molar-refractivity contribution in [1.82, 2.24) is 5.32 Å². The summed E-state index contributed by atoms with van der Waals surface area (Å²) in [6.07, 6.45) is 6.13. The van der Waals surface area contributed by atoms with Crippen LogP contribution >= 0.6 is 15.9 Å². The van der Waals surface area contributed by atoms with Gasteiger partial charge in [0, 0.05) is 23.7 Å². The van der Waals surface area contributed by atoms with Crippen molar-refractivity contribution in [2.75, 3.05) is 26.4 Å². The number of halogens is 1. The van der Waals surface area contributed by atoms with Crippen LogP contribution in [0.2, 0.25) is 0 Å². The van der Waals surface area contributed by atoms with Crippen LogP contribution in [-0.4, -0.2) is 32.5 Å². The number of ether oxygens (including phenoxy) is 2. The normalized spacial score (nSPS) is 24.4. The fraction of sp³-hybridized carbons (Fsp3) is 0.647. The molecule has 0 spiro atoms. The lowest BCUT2D eigenvalue weighted by Gasteiger charge is -2.15. The second-order valence-electron chi connectivity index (χ2n) is 5.92. The van der Waals surface area contributed by atoms with Crippen LogP contribution in [0.3, 0.4) is 0 Å². The molecule has 0 bridgehead atoms. The van der Waals surface area contributed by atoms with Gasteiger partial charge in [-0.2, -0.15) is 0 Å². The molecule has 1 aromatic rings. The Morgan fingerprint density at radius 3 is 3.14 bits per heavy atom. The summed E-state index contributed by atoms with van der Waals surface area (Å²) in [5.41, 5.74) is 2.94. The molecule has 1 aliphatic carbocycles. The highest BCUT2D eigenvalue weighted by Gasteiger charge is 2.23. The van der Waals surface area contributed by atoms with Gasteiger partial charge in [0.2, 0.25) is 0 Å². The van der Waals surface area contributed by atoms with E-state index in [-0.39, 0.29) is 0 Å². The fourth-order valence-corrected chi connectivity index (χ4v) is 3.84. The summed E-state index contributed by atoms with van der Waals surface area (Å²) in [5.74, 6) is 0. The quantitative estimate of drug-likeness (QED) is 0.759. The van der Waals surface area contributed by atoms with Crippen LogP contribution in [0.4, 0.5) is 0 Å². The monoisotopic (exact) mass is 353 g/mol. The first-order chi connectivity index (χ1) is 10.3. The lowest BCUT2D eigenvalue weighted by Crippen LogP contribution is -2.22. The van der Waals surface area contributed by atoms with Gasteiger partial charge in [0.15, 0.2) is 0 Å². The van der Waals surface area contributed by atoms with Crippen molar-refractivity contribution in [3.05, 3.63) is 33.8 Å². The van der Waals surface area contributed by atoms with E-state index in [9.17, 15) is 0 Å². The molecule has 21 heavy (non-hydrogen) atoms. The molecule has 2 atom stereocenters. The molecule has 1 saturated heterocycles. The third-order valence-corrected chi connectivity index (χ3v) is 5.14. The van der Waals surface area contributed by atoms with Gasteiger partial charge in [0.1, 0.15) is 0 Å². The second kappa shape index (κ2) is 7.73. The summed E-state index contributed by atoms with van der Waals surface area (Å²) >= 11 is 3.65. The van der Waals surface area contributed by atoms with E-state index in [4.69, 9.17) is 9.47 Å². The Bertz CT molecular complexity index is 460. The molecular weight excluding hydrogens is 330 g/mol. The highest BCUT2D eigenvalue weighted by atomic mass is 79.9. The van der Waals surface area contributed by atoms with Gasteiger partial charge in [-0.1, -0.05) is 28.1 Å². The van der Waals surface area contributed by atoms with Crippen LogP contribution in [0, 0.1) is 0 Å². The minimum Gasteiger partial charge on any atom is -0.379 e. The molecule has 0 saturated carbocycles. The van der Waals surface area contributed by atoms with Gasteiger partial charge in [-0.25, -0.2) is 0 Å². The van der Waals surface area contributed by atoms with Crippen LogP contribution in [0.1, 0.15) is 42.9 Å². The van der Waals surface area contributed by atoms with Crippen LogP contribution in [0.15, 0.2) is 22.7 Å². The maximum atomic E-state index is 5.70. The molecule has 1 N–H and O–H groups in total. The van der Waals surface area contributed by atoms with Crippen LogP contribution < -0.4 is 5.32 Å². The first-order valence-electron chi connectivity index (χ1n) is 8.04. The number of benzene rings is 1. The molecule has 116 valence electrons. The van der Waals surface area contributed by atoms with Crippen molar-refractivity contribution in [1.29, 1.82) is 0 Å². The zero-order chi connectivity index (χ0) is 14.5.